The molecule has 1 aliphatic heterocycles. The number of anilines is 1. The maximum Gasteiger partial charge on any atom is 0.251 e. The van der Waals surface area contributed by atoms with E-state index in [2.05, 4.69) is 15.3 Å². The number of halogens is 1. The largest absolute Gasteiger partial charge is 0.504 e. The number of aryl methyl sites for hydroxylation is 2. The van der Waals surface area contributed by atoms with Crippen molar-refractivity contribution >= 4 is 29.3 Å². The number of phenolic OH excluding ortho intramolecular Hbond substituents is 1. The number of thioether (sulfide) groups is 1. The molecule has 1 atom stereocenters. The minimum Gasteiger partial charge on any atom is -0.504 e. The molecule has 2 amide bonds. The molecule has 0 fully saturated rings. The van der Waals surface area contributed by atoms with Gasteiger partial charge in [0.1, 0.15) is 11.9 Å². The first-order valence-corrected chi connectivity index (χ1v) is 14.2. The van der Waals surface area contributed by atoms with Crippen molar-refractivity contribution < 1.29 is 33.3 Å². The van der Waals surface area contributed by atoms with Crippen molar-refractivity contribution in [3.05, 3.63) is 95.1 Å². The summed E-state index contributed by atoms with van der Waals surface area (Å²) in [5.74, 6) is -0.395. The van der Waals surface area contributed by atoms with Gasteiger partial charge in [0.2, 0.25) is 12.7 Å². The van der Waals surface area contributed by atoms with E-state index in [0.29, 0.717) is 33.5 Å². The average Bonchev–Trinajstić information content (AvgIpc) is 3.45. The molecule has 1 unspecified atom stereocenters. The summed E-state index contributed by atoms with van der Waals surface area (Å²) in [5.41, 5.74) is 2.95. The van der Waals surface area contributed by atoms with Crippen LogP contribution in [0.4, 0.5) is 10.1 Å². The lowest BCUT2D eigenvalue weighted by atomic mass is 10.0. The van der Waals surface area contributed by atoms with E-state index >= 15 is 0 Å². The second kappa shape index (κ2) is 13.0. The van der Waals surface area contributed by atoms with Crippen molar-refractivity contribution in [1.29, 1.82) is 0 Å². The number of carbonyl (C=O) groups excluding carboxylic acids is 2. The number of fused-ring (bicyclic) bond motifs is 1. The maximum atomic E-state index is 14.1. The van der Waals surface area contributed by atoms with Crippen LogP contribution in [0.15, 0.2) is 71.9 Å². The molecule has 0 saturated heterocycles. The highest BCUT2D eigenvalue weighted by molar-refractivity contribution is 7.99. The zero-order valence-corrected chi connectivity index (χ0v) is 24.5. The first-order chi connectivity index (χ1) is 20.7. The highest BCUT2D eigenvalue weighted by atomic mass is 32.2. The van der Waals surface area contributed by atoms with Gasteiger partial charge in [0.25, 0.3) is 5.91 Å². The molecular formula is C31H29FN4O6S. The van der Waals surface area contributed by atoms with Crippen LogP contribution in [-0.2, 0) is 16.1 Å². The summed E-state index contributed by atoms with van der Waals surface area (Å²) >= 11 is 1.15. The highest BCUT2D eigenvalue weighted by Crippen LogP contribution is 2.36. The number of hydrogen-bond donors (Lipinski definition) is 2. The monoisotopic (exact) mass is 604 g/mol. The second-order valence-electron chi connectivity index (χ2n) is 9.76. The molecule has 43 heavy (non-hydrogen) atoms. The highest BCUT2D eigenvalue weighted by Gasteiger charge is 2.33. The Morgan fingerprint density at radius 1 is 1.02 bits per heavy atom. The van der Waals surface area contributed by atoms with Crippen LogP contribution in [0.1, 0.15) is 28.6 Å². The van der Waals surface area contributed by atoms with Gasteiger partial charge in [-0.3, -0.25) is 9.59 Å². The Bertz CT molecular complexity index is 1630. The van der Waals surface area contributed by atoms with Gasteiger partial charge in [-0.05, 0) is 67.4 Å². The Labute approximate surface area is 251 Å². The fourth-order valence-corrected chi connectivity index (χ4v) is 5.43. The third-order valence-electron chi connectivity index (χ3n) is 6.59. The van der Waals surface area contributed by atoms with Crippen LogP contribution in [0.3, 0.4) is 0 Å². The number of methoxy groups -OCH3 is 1. The summed E-state index contributed by atoms with van der Waals surface area (Å²) in [4.78, 5) is 38.3. The number of nitrogens with zero attached hydrogens (tertiary/aromatic N) is 3. The maximum absolute atomic E-state index is 14.1. The zero-order valence-electron chi connectivity index (χ0n) is 23.7. The van der Waals surface area contributed by atoms with Gasteiger partial charge in [0.05, 0.1) is 12.9 Å². The molecule has 0 radical (unpaired) electrons. The fraction of sp³-hybridized carbons (Fsp3) is 0.226. The van der Waals surface area contributed by atoms with Crippen LogP contribution in [0.5, 0.6) is 23.0 Å². The van der Waals surface area contributed by atoms with Crippen LogP contribution in [0, 0.1) is 19.7 Å². The molecule has 4 aromatic rings. The van der Waals surface area contributed by atoms with Gasteiger partial charge in [-0.15, -0.1) is 0 Å². The number of benzene rings is 3. The van der Waals surface area contributed by atoms with Gasteiger partial charge >= 0.3 is 0 Å². The lowest BCUT2D eigenvalue weighted by molar-refractivity contribution is -0.137. The lowest BCUT2D eigenvalue weighted by Gasteiger charge is -2.32. The Kier molecular flexibility index (Phi) is 8.96. The zero-order chi connectivity index (χ0) is 30.5. The molecule has 10 nitrogen and oxygen atoms in total. The number of aromatic hydroxyl groups is 1. The molecule has 2 N–H and O–H groups in total. The smallest absolute Gasteiger partial charge is 0.251 e. The van der Waals surface area contributed by atoms with Crippen LogP contribution in [-0.4, -0.2) is 51.4 Å². The molecule has 1 aliphatic rings. The molecule has 5 rings (SSSR count). The van der Waals surface area contributed by atoms with E-state index in [1.54, 1.807) is 36.4 Å². The first-order valence-electron chi connectivity index (χ1n) is 13.3. The number of phenols is 1. The predicted octanol–water partition coefficient (Wildman–Crippen LogP) is 5.18. The standard InChI is InChI=1S/C31H29FN4O6S/c1-18-12-19(2)34-31(33-18)43-16-28(38)36(15-20-4-7-22(32)8-5-20)29(21-6-10-24(37)26(13-21)40-3)30(39)35-23-9-11-25-27(14-23)42-17-41-25/h4-14,29,37H,15-17H2,1-3H3,(H,35,39). The van der Waals surface area contributed by atoms with E-state index < -0.39 is 23.7 Å². The van der Waals surface area contributed by atoms with Crippen molar-refractivity contribution in [3.8, 4) is 23.0 Å². The third kappa shape index (κ3) is 7.15. The normalized spacial score (nSPS) is 12.5. The SMILES string of the molecule is COc1cc(C(C(=O)Nc2ccc3c(c2)OCO3)N(Cc2ccc(F)cc2)C(=O)CSc2nc(C)cc(C)n2)ccc1O. The van der Waals surface area contributed by atoms with Crippen LogP contribution in [0.2, 0.25) is 0 Å². The fourth-order valence-electron chi connectivity index (χ4n) is 4.60. The van der Waals surface area contributed by atoms with Crippen molar-refractivity contribution in [1.82, 2.24) is 14.9 Å². The molecule has 0 bridgehead atoms. The summed E-state index contributed by atoms with van der Waals surface area (Å²) in [7, 11) is 1.39. The number of nitrogens with one attached hydrogen (secondary N) is 1. The van der Waals surface area contributed by atoms with Crippen LogP contribution >= 0.6 is 11.8 Å². The Morgan fingerprint density at radius 2 is 1.74 bits per heavy atom. The van der Waals surface area contributed by atoms with Crippen molar-refractivity contribution in [2.24, 2.45) is 0 Å². The minimum atomic E-state index is -1.18. The third-order valence-corrected chi connectivity index (χ3v) is 7.42. The Morgan fingerprint density at radius 3 is 2.47 bits per heavy atom. The Balaban J connectivity index is 1.52. The molecule has 222 valence electrons. The molecule has 0 spiro atoms. The summed E-state index contributed by atoms with van der Waals surface area (Å²) in [6, 6.07) is 15.8. The second-order valence-corrected chi connectivity index (χ2v) is 10.7. The predicted molar refractivity (Wildman–Crippen MR) is 158 cm³/mol. The van der Waals surface area contributed by atoms with Crippen LogP contribution in [0.25, 0.3) is 0 Å². The van der Waals surface area contributed by atoms with Crippen molar-refractivity contribution in [2.75, 3.05) is 25.0 Å². The van der Waals surface area contributed by atoms with Crippen molar-refractivity contribution in [2.45, 2.75) is 31.6 Å². The molecule has 0 aliphatic carbocycles. The average molecular weight is 605 g/mol. The van der Waals surface area contributed by atoms with E-state index in [1.165, 1.54) is 36.3 Å². The summed E-state index contributed by atoms with van der Waals surface area (Å²) in [6.45, 7) is 3.74. The van der Waals surface area contributed by atoms with Gasteiger partial charge < -0.3 is 29.5 Å². The minimum absolute atomic E-state index is 0.0181. The summed E-state index contributed by atoms with van der Waals surface area (Å²) < 4.78 is 29.9. The van der Waals surface area contributed by atoms with Gasteiger partial charge in [-0.25, -0.2) is 14.4 Å². The molecular weight excluding hydrogens is 575 g/mol. The number of rotatable bonds is 10. The van der Waals surface area contributed by atoms with Gasteiger partial charge in [-0.1, -0.05) is 30.0 Å². The summed E-state index contributed by atoms with van der Waals surface area (Å²) in [5, 5.41) is 13.6. The first kappa shape index (κ1) is 29.6. The van der Waals surface area contributed by atoms with Gasteiger partial charge in [0.15, 0.2) is 28.2 Å². The molecule has 1 aromatic heterocycles. The number of ether oxygens (including phenoxy) is 3. The lowest BCUT2D eigenvalue weighted by Crippen LogP contribution is -2.41. The van der Waals surface area contributed by atoms with E-state index in [1.807, 2.05) is 19.9 Å². The van der Waals surface area contributed by atoms with Crippen LogP contribution < -0.4 is 19.5 Å². The summed E-state index contributed by atoms with van der Waals surface area (Å²) in [6.07, 6.45) is 0. The van der Waals surface area contributed by atoms with E-state index in [9.17, 15) is 19.1 Å². The van der Waals surface area contributed by atoms with Gasteiger partial charge in [-0.2, -0.15) is 0 Å². The molecule has 2 heterocycles. The number of hydrogen-bond acceptors (Lipinski definition) is 9. The number of aromatic nitrogens is 2. The topological polar surface area (TPSA) is 123 Å². The van der Waals surface area contributed by atoms with E-state index in [4.69, 9.17) is 14.2 Å². The van der Waals surface area contributed by atoms with Crippen molar-refractivity contribution in [3.63, 3.8) is 0 Å². The van der Waals surface area contributed by atoms with Gasteiger partial charge in [0, 0.05) is 29.7 Å². The Hall–Kier alpha value is -4.84. The molecule has 3 aromatic carbocycles. The van der Waals surface area contributed by atoms with E-state index in [-0.39, 0.29) is 30.6 Å². The molecule has 12 heteroatoms. The van der Waals surface area contributed by atoms with E-state index in [0.717, 1.165) is 23.1 Å². The molecule has 0 saturated carbocycles. The number of carbonyl (C=O) groups is 2. The quantitative estimate of drug-likeness (QED) is 0.186. The number of amides is 2.